The number of aliphatic carboxylic acids is 4. The zero-order chi connectivity index (χ0) is 16.6. The molecule has 0 saturated heterocycles. The van der Waals surface area contributed by atoms with Crippen LogP contribution in [0.25, 0.3) is 0 Å². The van der Waals surface area contributed by atoms with Crippen LogP contribution in [-0.2, 0) is 70.4 Å². The molecule has 1 N–H and O–H groups in total. The molecule has 0 aromatic carbocycles. The summed E-state index contributed by atoms with van der Waals surface area (Å²) in [5.41, 5.74) is 0. The van der Waals surface area contributed by atoms with Crippen LogP contribution < -0.4 is 45.2 Å². The first-order chi connectivity index (χ1) is 9.63. The van der Waals surface area contributed by atoms with Crippen LogP contribution >= 0.6 is 0 Å². The number of carboxylic acids is 4. The summed E-state index contributed by atoms with van der Waals surface area (Å²) in [5.74, 6) is -6.85. The summed E-state index contributed by atoms with van der Waals surface area (Å²) >= 11 is 0. The van der Waals surface area contributed by atoms with Crippen molar-refractivity contribution in [2.24, 2.45) is 0 Å². The van der Waals surface area contributed by atoms with E-state index in [-0.39, 0.29) is 82.6 Å². The number of carboxylic acid groups (broad SMARTS) is 4. The Morgan fingerprint density at radius 1 is 0.731 bits per heavy atom. The first-order valence-electron chi connectivity index (χ1n) is 5.58. The molecular formula is C10H12Cl2Fe3N2O9. The van der Waals surface area contributed by atoms with Crippen LogP contribution in [0.3, 0.4) is 0 Å². The van der Waals surface area contributed by atoms with E-state index in [0.29, 0.717) is 4.90 Å². The van der Waals surface area contributed by atoms with Gasteiger partial charge in [-0.05, 0) is 0 Å². The predicted octanol–water partition coefficient (Wildman–Crippen LogP) is -14.1. The maximum absolute atomic E-state index is 10.5. The van der Waals surface area contributed by atoms with Gasteiger partial charge in [0.05, 0.1) is 23.9 Å². The second kappa shape index (κ2) is 21.2. The van der Waals surface area contributed by atoms with Gasteiger partial charge < -0.3 is 69.5 Å². The number of aliphatic hydroxyl groups is 1. The van der Waals surface area contributed by atoms with Crippen LogP contribution in [0.2, 0.25) is 0 Å². The molecule has 11 nitrogen and oxygen atoms in total. The molecule has 0 aliphatic rings. The topological polar surface area (TPSA) is 187 Å². The Bertz CT molecular complexity index is 419. The summed E-state index contributed by atoms with van der Waals surface area (Å²) in [7, 11) is 0. The number of hydrogen-bond donors (Lipinski definition) is 1. The minimum absolute atomic E-state index is 0. The number of carbonyl (C=O) groups is 4. The molecule has 0 spiro atoms. The number of carbonyl (C=O) groups excluding carboxylic acids is 4. The van der Waals surface area contributed by atoms with Crippen LogP contribution in [-0.4, -0.2) is 77.7 Å². The summed E-state index contributed by atoms with van der Waals surface area (Å²) in [6.07, 6.45) is -2.27. The Morgan fingerprint density at radius 2 is 1.08 bits per heavy atom. The van der Waals surface area contributed by atoms with Gasteiger partial charge in [-0.2, -0.15) is 0 Å². The molecule has 0 radical (unpaired) electrons. The van der Waals surface area contributed by atoms with Crippen molar-refractivity contribution in [1.29, 1.82) is 0 Å². The number of halogens is 2. The molecule has 26 heavy (non-hydrogen) atoms. The first kappa shape index (κ1) is 40.5. The Kier molecular flexibility index (Phi) is 33.1. The van der Waals surface area contributed by atoms with Crippen LogP contribution in [0.1, 0.15) is 0 Å². The fourth-order valence-electron chi connectivity index (χ4n) is 1.45. The molecule has 154 valence electrons. The van der Waals surface area contributed by atoms with E-state index in [2.05, 4.69) is 0 Å². The summed E-state index contributed by atoms with van der Waals surface area (Å²) in [6, 6.07) is 0. The van der Waals surface area contributed by atoms with Crippen LogP contribution in [0.4, 0.5) is 0 Å². The van der Waals surface area contributed by atoms with Crippen LogP contribution in [0.15, 0.2) is 0 Å². The average Bonchev–Trinajstić information content (AvgIpc) is 2.31. The van der Waals surface area contributed by atoms with Crippen molar-refractivity contribution < 1.29 is 121 Å². The molecule has 16 heteroatoms. The fourth-order valence-corrected chi connectivity index (χ4v) is 1.45. The molecule has 0 fully saturated rings. The van der Waals surface area contributed by atoms with E-state index in [0.717, 1.165) is 4.90 Å². The predicted molar refractivity (Wildman–Crippen MR) is 54.0 cm³/mol. The molecule has 1 atom stereocenters. The van der Waals surface area contributed by atoms with Gasteiger partial charge in [-0.3, -0.25) is 9.80 Å². The van der Waals surface area contributed by atoms with Crippen molar-refractivity contribution in [2.45, 2.75) is 6.23 Å². The van der Waals surface area contributed by atoms with Gasteiger partial charge in [0.15, 0.2) is 0 Å². The Labute approximate surface area is 192 Å². The first-order valence-corrected chi connectivity index (χ1v) is 5.58. The summed E-state index contributed by atoms with van der Waals surface area (Å²) in [5, 5.41) is 51.0. The Balaban J connectivity index is -0.000000200. The van der Waals surface area contributed by atoms with E-state index in [1.54, 1.807) is 0 Å². The van der Waals surface area contributed by atoms with Gasteiger partial charge in [0, 0.05) is 32.7 Å². The van der Waals surface area contributed by atoms with Gasteiger partial charge in [0.25, 0.3) is 0 Å². The fraction of sp³-hybridized carbons (Fsp3) is 0.600. The van der Waals surface area contributed by atoms with Crippen molar-refractivity contribution >= 4 is 23.9 Å². The van der Waals surface area contributed by atoms with Gasteiger partial charge in [0.2, 0.25) is 0 Å². The third-order valence-electron chi connectivity index (χ3n) is 2.30. The molecule has 0 aromatic heterocycles. The zero-order valence-corrected chi connectivity index (χ0v) is 17.4. The smallest absolute Gasteiger partial charge is 1.00 e. The van der Waals surface area contributed by atoms with E-state index in [1.165, 1.54) is 0 Å². The van der Waals surface area contributed by atoms with Gasteiger partial charge in [-0.1, -0.05) is 0 Å². The molecule has 0 aliphatic carbocycles. The minimum Gasteiger partial charge on any atom is -1.00 e. The van der Waals surface area contributed by atoms with E-state index in [9.17, 15) is 44.7 Å². The molecule has 0 saturated carbocycles. The number of rotatable bonds is 11. The van der Waals surface area contributed by atoms with E-state index >= 15 is 0 Å². The molecule has 0 aromatic rings. The molecular weight excluding hydrogens is 531 g/mol. The van der Waals surface area contributed by atoms with E-state index in [4.69, 9.17) is 0 Å². The van der Waals surface area contributed by atoms with Gasteiger partial charge in [-0.15, -0.1) is 0 Å². The monoisotopic (exact) mass is 542 g/mol. The maximum atomic E-state index is 10.5. The quantitative estimate of drug-likeness (QED) is 0.193. The number of hydrogen-bond acceptors (Lipinski definition) is 11. The zero-order valence-electron chi connectivity index (χ0n) is 12.5. The molecule has 0 bridgehead atoms. The van der Waals surface area contributed by atoms with Gasteiger partial charge in [-0.25, -0.2) is 0 Å². The van der Waals surface area contributed by atoms with E-state index < -0.39 is 56.3 Å². The van der Waals surface area contributed by atoms with Crippen molar-refractivity contribution in [2.75, 3.05) is 32.7 Å². The van der Waals surface area contributed by atoms with Crippen molar-refractivity contribution in [3.8, 4) is 0 Å². The standard InChI is InChI=1S/C10H16N2O9.2ClH.3Fe/c13-6(14)3-11(4-7(15)16)1-2-12(5-8(17)18)9(19)10(20)21;;;;;/h9,19H,1-5H2,(H,13,14)(H,15,16)(H,17,18)(H,20,21);2*1H;;;/q;;;3*+2/p-6. The summed E-state index contributed by atoms with van der Waals surface area (Å²) < 4.78 is 0. The maximum Gasteiger partial charge on any atom is 2.00 e. The van der Waals surface area contributed by atoms with Crippen molar-refractivity contribution in [3.05, 3.63) is 0 Å². The van der Waals surface area contributed by atoms with Gasteiger partial charge in [0.1, 0.15) is 6.23 Å². The number of aliphatic hydroxyl groups excluding tert-OH is 1. The molecule has 0 aliphatic heterocycles. The average molecular weight is 543 g/mol. The Hall–Kier alpha value is -0.102. The Morgan fingerprint density at radius 3 is 1.35 bits per heavy atom. The van der Waals surface area contributed by atoms with Gasteiger partial charge >= 0.3 is 51.2 Å². The second-order valence-corrected chi connectivity index (χ2v) is 3.99. The molecule has 0 amide bonds. The molecule has 1 unspecified atom stereocenters. The molecule has 0 rings (SSSR count). The second-order valence-electron chi connectivity index (χ2n) is 3.99. The SMILES string of the molecule is O=C([O-])CN(CCN(CC(=O)[O-])C(O)C(=O)[O-])CC(=O)[O-].[Cl-].[Cl-].[Fe+2].[Fe+2].[Fe+2]. The summed E-state index contributed by atoms with van der Waals surface area (Å²) in [4.78, 5) is 43.1. The molecule has 0 heterocycles. The largest absolute Gasteiger partial charge is 2.00 e. The number of nitrogens with zero attached hydrogens (tertiary/aromatic N) is 2. The van der Waals surface area contributed by atoms with Crippen molar-refractivity contribution in [3.63, 3.8) is 0 Å². The normalized spacial score (nSPS) is 9.96. The van der Waals surface area contributed by atoms with E-state index in [1.807, 2.05) is 0 Å². The van der Waals surface area contributed by atoms with Crippen LogP contribution in [0, 0.1) is 0 Å². The van der Waals surface area contributed by atoms with Crippen LogP contribution in [0.5, 0.6) is 0 Å². The third kappa shape index (κ3) is 20.2. The third-order valence-corrected chi connectivity index (χ3v) is 2.30. The minimum atomic E-state index is -2.27. The summed E-state index contributed by atoms with van der Waals surface area (Å²) in [6.45, 7) is -3.41. The van der Waals surface area contributed by atoms with Crippen molar-refractivity contribution in [1.82, 2.24) is 9.80 Å².